The molecule has 2 heterocycles. The van der Waals surface area contributed by atoms with E-state index in [1.165, 1.54) is 36.6 Å². The lowest BCUT2D eigenvalue weighted by Crippen LogP contribution is -2.11. The molecule has 2 nitrogen and oxygen atoms in total. The highest BCUT2D eigenvalue weighted by molar-refractivity contribution is 7.26. The Morgan fingerprint density at radius 2 is 1.12 bits per heavy atom. The number of nitrogens with zero attached hydrogens (tertiary/aromatic N) is 1. The SMILES string of the molecule is c1ccc(N(c2ccccc2-c2cccc3c2oc2cc4ccccc4cc23)c2cccc3c2sc2ccccc23)cc1. The number of anilines is 3. The molecule has 9 aromatic rings. The number of furan rings is 1. The van der Waals surface area contributed by atoms with Gasteiger partial charge in [0.25, 0.3) is 0 Å². The maximum absolute atomic E-state index is 6.69. The minimum absolute atomic E-state index is 0.910. The standard InChI is InChI=1S/C40H25NOS/c1-2-14-28(15-3-1)41(36-22-11-20-33-30-17-7-9-23-38(30)43-40(33)36)35-21-8-6-16-29(35)31-18-10-19-32-34-24-26-12-4-5-13-27(26)25-37(34)42-39(31)32/h1-25H. The fourth-order valence-electron chi connectivity index (χ4n) is 6.49. The third-order valence-electron chi connectivity index (χ3n) is 8.44. The summed E-state index contributed by atoms with van der Waals surface area (Å²) in [6, 6.07) is 54.2. The molecule has 7 aromatic carbocycles. The van der Waals surface area contributed by atoms with Gasteiger partial charge >= 0.3 is 0 Å². The highest BCUT2D eigenvalue weighted by Crippen LogP contribution is 2.48. The van der Waals surface area contributed by atoms with Crippen molar-refractivity contribution in [1.29, 1.82) is 0 Å². The fraction of sp³-hybridized carbons (Fsp3) is 0. The number of fused-ring (bicyclic) bond motifs is 7. The highest BCUT2D eigenvalue weighted by atomic mass is 32.1. The summed E-state index contributed by atoms with van der Waals surface area (Å²) < 4.78 is 9.26. The summed E-state index contributed by atoms with van der Waals surface area (Å²) in [5, 5.41) is 7.25. The number of benzene rings is 7. The largest absolute Gasteiger partial charge is 0.455 e. The van der Waals surface area contributed by atoms with Crippen LogP contribution in [-0.2, 0) is 0 Å². The summed E-state index contributed by atoms with van der Waals surface area (Å²) in [4.78, 5) is 2.41. The Balaban J connectivity index is 1.32. The van der Waals surface area contributed by atoms with Gasteiger partial charge in [-0.05, 0) is 53.2 Å². The van der Waals surface area contributed by atoms with Crippen LogP contribution >= 0.6 is 11.3 Å². The van der Waals surface area contributed by atoms with Gasteiger partial charge in [-0.25, -0.2) is 0 Å². The average molecular weight is 568 g/mol. The third-order valence-corrected chi connectivity index (χ3v) is 9.65. The molecule has 0 spiro atoms. The topological polar surface area (TPSA) is 16.4 Å². The molecule has 0 fully saturated rings. The van der Waals surface area contributed by atoms with Crippen molar-refractivity contribution in [2.45, 2.75) is 0 Å². The van der Waals surface area contributed by atoms with E-state index < -0.39 is 0 Å². The van der Waals surface area contributed by atoms with Crippen LogP contribution < -0.4 is 4.90 Å². The maximum Gasteiger partial charge on any atom is 0.143 e. The van der Waals surface area contributed by atoms with Crippen LogP contribution in [0.25, 0.3) is 64.0 Å². The summed E-state index contributed by atoms with van der Waals surface area (Å²) >= 11 is 1.85. The second-order valence-corrected chi connectivity index (χ2v) is 12.0. The summed E-state index contributed by atoms with van der Waals surface area (Å²) in [6.45, 7) is 0. The lowest BCUT2D eigenvalue weighted by Gasteiger charge is -2.28. The van der Waals surface area contributed by atoms with Gasteiger partial charge < -0.3 is 9.32 Å². The van der Waals surface area contributed by atoms with Crippen molar-refractivity contribution in [3.05, 3.63) is 152 Å². The van der Waals surface area contributed by atoms with Crippen molar-refractivity contribution in [2.24, 2.45) is 0 Å². The van der Waals surface area contributed by atoms with Crippen molar-refractivity contribution in [1.82, 2.24) is 0 Å². The zero-order valence-corrected chi connectivity index (χ0v) is 24.0. The van der Waals surface area contributed by atoms with E-state index in [0.717, 1.165) is 44.4 Å². The molecule has 0 saturated carbocycles. The van der Waals surface area contributed by atoms with E-state index in [0.29, 0.717) is 0 Å². The number of rotatable bonds is 4. The van der Waals surface area contributed by atoms with Gasteiger partial charge in [0, 0.05) is 43.1 Å². The van der Waals surface area contributed by atoms with Gasteiger partial charge in [-0.2, -0.15) is 0 Å². The summed E-state index contributed by atoms with van der Waals surface area (Å²) in [5.74, 6) is 0. The Morgan fingerprint density at radius 1 is 0.465 bits per heavy atom. The molecule has 2 aromatic heterocycles. The predicted molar refractivity (Wildman–Crippen MR) is 184 cm³/mol. The fourth-order valence-corrected chi connectivity index (χ4v) is 7.69. The molecule has 0 unspecified atom stereocenters. The first kappa shape index (κ1) is 24.2. The highest BCUT2D eigenvalue weighted by Gasteiger charge is 2.22. The van der Waals surface area contributed by atoms with E-state index in [2.05, 4.69) is 157 Å². The van der Waals surface area contributed by atoms with Crippen molar-refractivity contribution >= 4 is 81.3 Å². The molecule has 0 aliphatic rings. The molecule has 0 aliphatic heterocycles. The van der Waals surface area contributed by atoms with Gasteiger partial charge in [0.2, 0.25) is 0 Å². The average Bonchev–Trinajstić information content (AvgIpc) is 3.63. The van der Waals surface area contributed by atoms with Gasteiger partial charge in [0.15, 0.2) is 0 Å². The Hall–Kier alpha value is -5.38. The van der Waals surface area contributed by atoms with E-state index >= 15 is 0 Å². The van der Waals surface area contributed by atoms with Crippen molar-refractivity contribution in [2.75, 3.05) is 4.90 Å². The van der Waals surface area contributed by atoms with Crippen molar-refractivity contribution in [3.63, 3.8) is 0 Å². The van der Waals surface area contributed by atoms with E-state index in [9.17, 15) is 0 Å². The predicted octanol–water partition coefficient (Wildman–Crippen LogP) is 12.2. The molecule has 0 bridgehead atoms. The van der Waals surface area contributed by atoms with E-state index in [-0.39, 0.29) is 0 Å². The Bertz CT molecular complexity index is 2470. The first-order valence-electron chi connectivity index (χ1n) is 14.5. The van der Waals surface area contributed by atoms with Crippen molar-refractivity contribution in [3.8, 4) is 11.1 Å². The van der Waals surface area contributed by atoms with Crippen LogP contribution in [0.4, 0.5) is 17.1 Å². The van der Waals surface area contributed by atoms with Gasteiger partial charge in [-0.15, -0.1) is 11.3 Å². The number of para-hydroxylation sites is 3. The molecular formula is C40H25NOS. The summed E-state index contributed by atoms with van der Waals surface area (Å²) in [6.07, 6.45) is 0. The molecular weight excluding hydrogens is 543 g/mol. The Morgan fingerprint density at radius 3 is 2.02 bits per heavy atom. The van der Waals surface area contributed by atoms with Crippen molar-refractivity contribution < 1.29 is 4.42 Å². The lowest BCUT2D eigenvalue weighted by atomic mass is 9.98. The van der Waals surface area contributed by atoms with Gasteiger partial charge in [0.05, 0.1) is 16.1 Å². The maximum atomic E-state index is 6.69. The summed E-state index contributed by atoms with van der Waals surface area (Å²) in [7, 11) is 0. The number of thiophene rings is 1. The molecule has 0 aliphatic carbocycles. The molecule has 202 valence electrons. The first-order valence-corrected chi connectivity index (χ1v) is 15.3. The molecule has 43 heavy (non-hydrogen) atoms. The lowest BCUT2D eigenvalue weighted by molar-refractivity contribution is 0.670. The Kier molecular flexibility index (Phi) is 5.40. The second-order valence-electron chi connectivity index (χ2n) is 10.9. The molecule has 0 atom stereocenters. The zero-order chi connectivity index (χ0) is 28.3. The smallest absolute Gasteiger partial charge is 0.143 e. The minimum Gasteiger partial charge on any atom is -0.455 e. The molecule has 0 radical (unpaired) electrons. The quantitative estimate of drug-likeness (QED) is 0.210. The van der Waals surface area contributed by atoms with E-state index in [1.807, 2.05) is 11.3 Å². The van der Waals surface area contributed by atoms with Gasteiger partial charge in [-0.3, -0.25) is 0 Å². The second kappa shape index (κ2) is 9.59. The van der Waals surface area contributed by atoms with E-state index in [1.54, 1.807) is 0 Å². The summed E-state index contributed by atoms with van der Waals surface area (Å²) in [5.41, 5.74) is 7.42. The molecule has 0 N–H and O–H groups in total. The van der Waals surface area contributed by atoms with Crippen LogP contribution in [0.15, 0.2) is 156 Å². The van der Waals surface area contributed by atoms with Gasteiger partial charge in [-0.1, -0.05) is 109 Å². The molecule has 0 amide bonds. The van der Waals surface area contributed by atoms with Crippen LogP contribution in [0, 0.1) is 0 Å². The minimum atomic E-state index is 0.910. The molecule has 3 heteroatoms. The molecule has 9 rings (SSSR count). The number of hydrogen-bond donors (Lipinski definition) is 0. The van der Waals surface area contributed by atoms with Crippen LogP contribution in [0.3, 0.4) is 0 Å². The van der Waals surface area contributed by atoms with Crippen LogP contribution in [0.1, 0.15) is 0 Å². The first-order chi connectivity index (χ1) is 21.3. The normalized spacial score (nSPS) is 11.7. The monoisotopic (exact) mass is 567 g/mol. The third kappa shape index (κ3) is 3.79. The Labute approximate surface area is 252 Å². The molecule has 0 saturated heterocycles. The van der Waals surface area contributed by atoms with E-state index in [4.69, 9.17) is 4.42 Å². The van der Waals surface area contributed by atoms with Crippen LogP contribution in [0.2, 0.25) is 0 Å². The van der Waals surface area contributed by atoms with Crippen LogP contribution in [0.5, 0.6) is 0 Å². The van der Waals surface area contributed by atoms with Gasteiger partial charge in [0.1, 0.15) is 11.2 Å². The zero-order valence-electron chi connectivity index (χ0n) is 23.2. The van der Waals surface area contributed by atoms with Crippen LogP contribution in [-0.4, -0.2) is 0 Å². The number of hydrogen-bond acceptors (Lipinski definition) is 3.